The highest BCUT2D eigenvalue weighted by atomic mass is 16.7. The van der Waals surface area contributed by atoms with Crippen molar-refractivity contribution < 1.29 is 19.2 Å². The Kier molecular flexibility index (Phi) is 5.25. The summed E-state index contributed by atoms with van der Waals surface area (Å²) in [5.41, 5.74) is 6.36. The molecule has 0 radical (unpaired) electrons. The number of benzene rings is 3. The molecule has 6 heteroatoms. The average molecular weight is 402 g/mol. The van der Waals surface area contributed by atoms with Crippen LogP contribution in [0.2, 0.25) is 0 Å². The Labute approximate surface area is 174 Å². The van der Waals surface area contributed by atoms with Crippen LogP contribution in [-0.2, 0) is 14.3 Å². The van der Waals surface area contributed by atoms with Gasteiger partial charge in [0.1, 0.15) is 5.54 Å². The standard InChI is InChI=1S/C24H22N2O4/c1-24(25)21(26(23(24)28)30-19-15-9-4-10-16-19)22(27)29-20(17-11-5-2-6-12-17)18-13-7-3-8-14-18/h2-16,20-21H,25H2,1H3. The zero-order valence-corrected chi connectivity index (χ0v) is 16.5. The van der Waals surface area contributed by atoms with Gasteiger partial charge in [0, 0.05) is 0 Å². The molecule has 3 aromatic rings. The van der Waals surface area contributed by atoms with E-state index in [1.165, 1.54) is 6.92 Å². The molecule has 1 amide bonds. The first-order chi connectivity index (χ1) is 14.5. The first-order valence-electron chi connectivity index (χ1n) is 9.64. The van der Waals surface area contributed by atoms with E-state index in [-0.39, 0.29) is 0 Å². The number of para-hydroxylation sites is 1. The molecule has 4 rings (SSSR count). The van der Waals surface area contributed by atoms with Crippen molar-refractivity contribution in [3.63, 3.8) is 0 Å². The zero-order valence-electron chi connectivity index (χ0n) is 16.5. The summed E-state index contributed by atoms with van der Waals surface area (Å²) in [7, 11) is 0. The lowest BCUT2D eigenvalue weighted by atomic mass is 9.83. The average Bonchev–Trinajstić information content (AvgIpc) is 2.78. The topological polar surface area (TPSA) is 81.9 Å². The number of rotatable bonds is 6. The van der Waals surface area contributed by atoms with Crippen LogP contribution in [0.3, 0.4) is 0 Å². The molecule has 30 heavy (non-hydrogen) atoms. The maximum absolute atomic E-state index is 13.2. The molecule has 0 spiro atoms. The summed E-state index contributed by atoms with van der Waals surface area (Å²) in [4.78, 5) is 31.3. The normalized spacial score (nSPS) is 20.6. The van der Waals surface area contributed by atoms with Gasteiger partial charge in [-0.25, -0.2) is 4.79 Å². The number of esters is 1. The van der Waals surface area contributed by atoms with Crippen LogP contribution in [-0.4, -0.2) is 28.5 Å². The SMILES string of the molecule is CC1(N)C(=O)N(Oc2ccccc2)C1C(=O)OC(c1ccccc1)c1ccccc1. The minimum Gasteiger partial charge on any atom is -0.451 e. The van der Waals surface area contributed by atoms with Crippen molar-refractivity contribution in [2.75, 3.05) is 0 Å². The number of β-lactam (4-membered cyclic amide) rings is 1. The monoisotopic (exact) mass is 402 g/mol. The second-order valence-electron chi connectivity index (χ2n) is 7.36. The van der Waals surface area contributed by atoms with Crippen LogP contribution in [0.5, 0.6) is 5.75 Å². The maximum Gasteiger partial charge on any atom is 0.336 e. The maximum atomic E-state index is 13.2. The molecule has 1 aliphatic rings. The van der Waals surface area contributed by atoms with Crippen molar-refractivity contribution in [2.24, 2.45) is 5.73 Å². The summed E-state index contributed by atoms with van der Waals surface area (Å²) >= 11 is 0. The van der Waals surface area contributed by atoms with E-state index in [9.17, 15) is 9.59 Å². The second kappa shape index (κ2) is 8.00. The number of nitrogens with two attached hydrogens (primary N) is 1. The highest BCUT2D eigenvalue weighted by Gasteiger charge is 2.62. The first kappa shape index (κ1) is 19.7. The van der Waals surface area contributed by atoms with Crippen LogP contribution in [0.1, 0.15) is 24.2 Å². The van der Waals surface area contributed by atoms with Crippen LogP contribution < -0.4 is 10.6 Å². The molecule has 2 N–H and O–H groups in total. The van der Waals surface area contributed by atoms with Crippen LogP contribution in [0.4, 0.5) is 0 Å². The molecule has 1 fully saturated rings. The Morgan fingerprint density at radius 1 is 0.900 bits per heavy atom. The number of carbonyl (C=O) groups excluding carboxylic acids is 2. The summed E-state index contributed by atoms with van der Waals surface area (Å²) in [6.45, 7) is 1.51. The molecule has 0 aliphatic carbocycles. The van der Waals surface area contributed by atoms with Gasteiger partial charge in [-0.1, -0.05) is 78.9 Å². The number of ether oxygens (including phenoxy) is 1. The third-order valence-electron chi connectivity index (χ3n) is 5.07. The number of amides is 1. The van der Waals surface area contributed by atoms with Gasteiger partial charge in [0.15, 0.2) is 17.9 Å². The Morgan fingerprint density at radius 3 is 1.87 bits per heavy atom. The summed E-state index contributed by atoms with van der Waals surface area (Å²) in [5.74, 6) is -0.681. The van der Waals surface area contributed by atoms with E-state index in [1.54, 1.807) is 24.3 Å². The van der Waals surface area contributed by atoms with Gasteiger partial charge in [0.25, 0.3) is 5.91 Å². The minimum absolute atomic E-state index is 0.432. The molecule has 6 nitrogen and oxygen atoms in total. The van der Waals surface area contributed by atoms with Crippen molar-refractivity contribution in [3.8, 4) is 5.75 Å². The number of carbonyl (C=O) groups is 2. The van der Waals surface area contributed by atoms with Gasteiger partial charge >= 0.3 is 5.97 Å². The van der Waals surface area contributed by atoms with Gasteiger partial charge in [0.2, 0.25) is 0 Å². The lowest BCUT2D eigenvalue weighted by Gasteiger charge is -2.48. The number of hydrogen-bond acceptors (Lipinski definition) is 5. The third-order valence-corrected chi connectivity index (χ3v) is 5.07. The summed E-state index contributed by atoms with van der Waals surface area (Å²) < 4.78 is 5.89. The third kappa shape index (κ3) is 3.65. The minimum atomic E-state index is -1.41. The molecule has 152 valence electrons. The highest BCUT2D eigenvalue weighted by molar-refractivity contribution is 6.02. The van der Waals surface area contributed by atoms with Gasteiger partial charge in [0.05, 0.1) is 0 Å². The van der Waals surface area contributed by atoms with E-state index in [1.807, 2.05) is 66.7 Å². The van der Waals surface area contributed by atoms with Gasteiger partial charge in [-0.05, 0) is 30.2 Å². The van der Waals surface area contributed by atoms with Crippen LogP contribution >= 0.6 is 0 Å². The van der Waals surface area contributed by atoms with E-state index >= 15 is 0 Å². The first-order valence-corrected chi connectivity index (χ1v) is 9.64. The predicted molar refractivity (Wildman–Crippen MR) is 111 cm³/mol. The Morgan fingerprint density at radius 2 is 1.37 bits per heavy atom. The summed E-state index contributed by atoms with van der Waals surface area (Å²) in [6, 6.07) is 26.5. The Bertz CT molecular complexity index is 983. The smallest absolute Gasteiger partial charge is 0.336 e. The highest BCUT2D eigenvalue weighted by Crippen LogP contribution is 2.34. The fraction of sp³-hybridized carbons (Fsp3) is 0.167. The van der Waals surface area contributed by atoms with Gasteiger partial charge in [-0.3, -0.25) is 4.79 Å². The largest absolute Gasteiger partial charge is 0.451 e. The molecule has 2 atom stereocenters. The zero-order chi connectivity index (χ0) is 21.1. The van der Waals surface area contributed by atoms with E-state index < -0.39 is 29.6 Å². The van der Waals surface area contributed by atoms with Crippen LogP contribution in [0.15, 0.2) is 91.0 Å². The molecular weight excluding hydrogens is 380 g/mol. The van der Waals surface area contributed by atoms with Crippen LogP contribution in [0.25, 0.3) is 0 Å². The Balaban J connectivity index is 1.60. The summed E-state index contributed by atoms with van der Waals surface area (Å²) in [5, 5.41) is 0.991. The molecule has 1 aliphatic heterocycles. The quantitative estimate of drug-likeness (QED) is 0.506. The molecule has 1 heterocycles. The van der Waals surface area contributed by atoms with Crippen molar-refractivity contribution >= 4 is 11.9 Å². The van der Waals surface area contributed by atoms with E-state index in [0.29, 0.717) is 5.75 Å². The Hall–Kier alpha value is -3.64. The van der Waals surface area contributed by atoms with Crippen molar-refractivity contribution in [1.82, 2.24) is 5.06 Å². The number of nitrogens with zero attached hydrogens (tertiary/aromatic N) is 1. The van der Waals surface area contributed by atoms with Crippen molar-refractivity contribution in [3.05, 3.63) is 102 Å². The van der Waals surface area contributed by atoms with E-state index in [0.717, 1.165) is 16.2 Å². The molecule has 3 aromatic carbocycles. The molecule has 0 bridgehead atoms. The van der Waals surface area contributed by atoms with Crippen LogP contribution in [0, 0.1) is 0 Å². The van der Waals surface area contributed by atoms with Gasteiger partial charge < -0.3 is 15.3 Å². The second-order valence-corrected chi connectivity index (χ2v) is 7.36. The van der Waals surface area contributed by atoms with E-state index in [2.05, 4.69) is 0 Å². The van der Waals surface area contributed by atoms with Gasteiger partial charge in [-0.2, -0.15) is 5.06 Å². The molecular formula is C24H22N2O4. The molecule has 1 saturated heterocycles. The van der Waals surface area contributed by atoms with Crippen molar-refractivity contribution in [1.29, 1.82) is 0 Å². The number of hydroxylamine groups is 2. The van der Waals surface area contributed by atoms with E-state index in [4.69, 9.17) is 15.3 Å². The fourth-order valence-electron chi connectivity index (χ4n) is 3.44. The fourth-order valence-corrected chi connectivity index (χ4v) is 3.44. The lowest BCUT2D eigenvalue weighted by Crippen LogP contribution is -2.80. The molecule has 2 unspecified atom stereocenters. The summed E-state index contributed by atoms with van der Waals surface area (Å²) in [6.07, 6.45) is -0.634. The predicted octanol–water partition coefficient (Wildman–Crippen LogP) is 3.24. The molecule has 0 saturated carbocycles. The number of hydrogen-bond donors (Lipinski definition) is 1. The van der Waals surface area contributed by atoms with Gasteiger partial charge in [-0.15, -0.1) is 0 Å². The molecule has 0 aromatic heterocycles. The van der Waals surface area contributed by atoms with Crippen molar-refractivity contribution in [2.45, 2.75) is 24.6 Å². The lowest BCUT2D eigenvalue weighted by molar-refractivity contribution is -0.218.